The average molecular weight is 450 g/mol. The number of pyridine rings is 1. The first-order valence-electron chi connectivity index (χ1n) is 9.00. The van der Waals surface area contributed by atoms with Crippen LogP contribution in [-0.2, 0) is 13.2 Å². The Labute approximate surface area is 178 Å². The maximum absolute atomic E-state index is 13.1. The molecule has 0 saturated heterocycles. The minimum Gasteiger partial charge on any atom is -0.335 e. The molecule has 3 heterocycles. The number of aryl methyl sites for hydroxylation is 3. The van der Waals surface area contributed by atoms with Gasteiger partial charge in [-0.1, -0.05) is 16.8 Å². The van der Waals surface area contributed by atoms with Crippen LogP contribution in [0.1, 0.15) is 27.3 Å². The van der Waals surface area contributed by atoms with Crippen molar-refractivity contribution < 1.29 is 22.5 Å². The minimum atomic E-state index is -4.58. The summed E-state index contributed by atoms with van der Waals surface area (Å²) in [5.41, 5.74) is 1.34. The molecule has 1 N–H and O–H groups in total. The molecule has 4 aromatic rings. The maximum atomic E-state index is 13.1. The number of carbonyl (C=O) groups is 1. The molecule has 0 radical (unpaired) electrons. The molecule has 7 nitrogen and oxygen atoms in total. The number of amides is 1. The minimum absolute atomic E-state index is 0.0305. The number of hydrogen-bond acceptors (Lipinski definition) is 5. The lowest BCUT2D eigenvalue weighted by molar-refractivity contribution is -0.137. The molecule has 3 aromatic heterocycles. The van der Waals surface area contributed by atoms with E-state index in [0.29, 0.717) is 28.0 Å². The average Bonchev–Trinajstić information content (AvgIpc) is 3.23. The Bertz CT molecular complexity index is 1330. The quantitative estimate of drug-likeness (QED) is 0.466. The molecule has 0 aliphatic heterocycles. The van der Waals surface area contributed by atoms with Crippen molar-refractivity contribution in [2.24, 2.45) is 7.05 Å². The number of nitrogens with zero attached hydrogens (tertiary/aromatic N) is 4. The maximum Gasteiger partial charge on any atom is 0.416 e. The molecule has 0 saturated carbocycles. The normalized spacial score (nSPS) is 11.8. The van der Waals surface area contributed by atoms with Gasteiger partial charge in [0.25, 0.3) is 11.6 Å². The summed E-state index contributed by atoms with van der Waals surface area (Å²) in [6, 6.07) is 4.23. The van der Waals surface area contributed by atoms with E-state index in [1.165, 1.54) is 6.07 Å². The van der Waals surface area contributed by atoms with Crippen molar-refractivity contribution in [3.63, 3.8) is 0 Å². The van der Waals surface area contributed by atoms with Gasteiger partial charge in [0.15, 0.2) is 0 Å². The van der Waals surface area contributed by atoms with Crippen LogP contribution >= 0.6 is 11.6 Å². The van der Waals surface area contributed by atoms with Crippen molar-refractivity contribution in [3.05, 3.63) is 58.0 Å². The lowest BCUT2D eigenvalue weighted by Gasteiger charge is -2.12. The van der Waals surface area contributed by atoms with Crippen LogP contribution in [0.3, 0.4) is 0 Å². The van der Waals surface area contributed by atoms with Gasteiger partial charge in [-0.2, -0.15) is 18.3 Å². The number of alkyl halides is 3. The van der Waals surface area contributed by atoms with Gasteiger partial charge in [-0.3, -0.25) is 9.48 Å². The number of carbonyl (C=O) groups excluding carboxylic acids is 1. The van der Waals surface area contributed by atoms with Crippen LogP contribution in [0.5, 0.6) is 0 Å². The number of anilines is 1. The topological polar surface area (TPSA) is 85.8 Å². The second-order valence-electron chi connectivity index (χ2n) is 6.95. The van der Waals surface area contributed by atoms with Crippen LogP contribution < -0.4 is 5.32 Å². The van der Waals surface area contributed by atoms with E-state index in [9.17, 15) is 18.0 Å². The smallest absolute Gasteiger partial charge is 0.335 e. The lowest BCUT2D eigenvalue weighted by Crippen LogP contribution is -2.14. The molecule has 1 amide bonds. The number of aromatic nitrogens is 4. The van der Waals surface area contributed by atoms with Gasteiger partial charge in [-0.25, -0.2) is 4.98 Å². The number of hydrogen-bond donors (Lipinski definition) is 1. The van der Waals surface area contributed by atoms with E-state index >= 15 is 0 Å². The Morgan fingerprint density at radius 3 is 2.58 bits per heavy atom. The molecule has 0 bridgehead atoms. The van der Waals surface area contributed by atoms with Gasteiger partial charge in [0.1, 0.15) is 0 Å². The van der Waals surface area contributed by atoms with Gasteiger partial charge in [0.2, 0.25) is 0 Å². The van der Waals surface area contributed by atoms with Gasteiger partial charge in [-0.05, 0) is 38.1 Å². The van der Waals surface area contributed by atoms with E-state index in [-0.39, 0.29) is 22.0 Å². The van der Waals surface area contributed by atoms with Crippen LogP contribution in [0.4, 0.5) is 18.9 Å². The summed E-state index contributed by atoms with van der Waals surface area (Å²) in [6.07, 6.45) is -2.85. The van der Waals surface area contributed by atoms with Crippen LogP contribution in [0, 0.1) is 13.8 Å². The second-order valence-corrected chi connectivity index (χ2v) is 7.36. The second kappa shape index (κ2) is 7.38. The first-order chi connectivity index (χ1) is 14.5. The number of halogens is 4. The molecule has 0 spiro atoms. The van der Waals surface area contributed by atoms with E-state index in [1.54, 1.807) is 31.8 Å². The molecule has 0 unspecified atom stereocenters. The molecule has 0 atom stereocenters. The zero-order valence-electron chi connectivity index (χ0n) is 16.5. The highest BCUT2D eigenvalue weighted by atomic mass is 35.5. The summed E-state index contributed by atoms with van der Waals surface area (Å²) in [4.78, 5) is 17.5. The zero-order valence-corrected chi connectivity index (χ0v) is 17.3. The van der Waals surface area contributed by atoms with Gasteiger partial charge in [0, 0.05) is 18.8 Å². The van der Waals surface area contributed by atoms with E-state index in [4.69, 9.17) is 16.1 Å². The molecule has 1 aromatic carbocycles. The molecular formula is C20H15ClF3N5O2. The van der Waals surface area contributed by atoms with Crippen molar-refractivity contribution >= 4 is 34.3 Å². The van der Waals surface area contributed by atoms with E-state index < -0.39 is 17.6 Å². The Morgan fingerprint density at radius 2 is 1.94 bits per heavy atom. The molecular weight excluding hydrogens is 435 g/mol. The largest absolute Gasteiger partial charge is 0.416 e. The highest BCUT2D eigenvalue weighted by Crippen LogP contribution is 2.35. The Balaban J connectivity index is 1.81. The zero-order chi connectivity index (χ0) is 22.5. The van der Waals surface area contributed by atoms with Crippen LogP contribution in [0.2, 0.25) is 5.02 Å². The molecule has 0 fully saturated rings. The van der Waals surface area contributed by atoms with Crippen molar-refractivity contribution in [1.29, 1.82) is 0 Å². The van der Waals surface area contributed by atoms with Crippen molar-refractivity contribution in [1.82, 2.24) is 19.9 Å². The summed E-state index contributed by atoms with van der Waals surface area (Å²) in [5.74, 6) is -0.678. The van der Waals surface area contributed by atoms with E-state index in [1.807, 2.05) is 0 Å². The molecule has 31 heavy (non-hydrogen) atoms. The van der Waals surface area contributed by atoms with Crippen molar-refractivity contribution in [3.8, 4) is 11.3 Å². The summed E-state index contributed by atoms with van der Waals surface area (Å²) in [5, 5.41) is 10.9. The van der Waals surface area contributed by atoms with Crippen LogP contribution in [-0.4, -0.2) is 25.8 Å². The number of rotatable bonds is 3. The fraction of sp³-hybridized carbons (Fsp3) is 0.200. The van der Waals surface area contributed by atoms with E-state index in [0.717, 1.165) is 18.2 Å². The molecule has 0 aliphatic rings. The fourth-order valence-corrected chi connectivity index (χ4v) is 3.41. The van der Waals surface area contributed by atoms with Crippen molar-refractivity contribution in [2.45, 2.75) is 20.0 Å². The summed E-state index contributed by atoms with van der Waals surface area (Å²) < 4.78 is 46.0. The van der Waals surface area contributed by atoms with Gasteiger partial charge >= 0.3 is 6.18 Å². The van der Waals surface area contributed by atoms with E-state index in [2.05, 4.69) is 20.6 Å². The van der Waals surface area contributed by atoms with Gasteiger partial charge in [0.05, 0.1) is 44.3 Å². The third-order valence-corrected chi connectivity index (χ3v) is 5.02. The van der Waals surface area contributed by atoms with Crippen molar-refractivity contribution in [2.75, 3.05) is 5.32 Å². The molecule has 160 valence electrons. The summed E-state index contributed by atoms with van der Waals surface area (Å²) in [6.45, 7) is 3.42. The summed E-state index contributed by atoms with van der Waals surface area (Å²) in [7, 11) is 1.75. The standard InChI is InChI=1S/C20H15ClF3N5O2/c1-9-13(8-29(3)27-9)15-7-12(17-10(2)28-31-19(17)26-15)18(30)25-16-6-11(20(22,23)24)4-5-14(16)21/h4-8H,1-3H3,(H,25,30). The summed E-state index contributed by atoms with van der Waals surface area (Å²) >= 11 is 6.02. The molecule has 4 rings (SSSR count). The van der Waals surface area contributed by atoms with Gasteiger partial charge in [-0.15, -0.1) is 0 Å². The SMILES string of the molecule is Cc1nn(C)cc1-c1cc(C(=O)Nc2cc(C(F)(F)F)ccc2Cl)c2c(C)noc2n1. The monoisotopic (exact) mass is 449 g/mol. The number of nitrogens with one attached hydrogen (secondary N) is 1. The first kappa shape index (κ1) is 20.9. The highest BCUT2D eigenvalue weighted by Gasteiger charge is 2.31. The Kier molecular flexibility index (Phi) is 4.97. The highest BCUT2D eigenvalue weighted by molar-refractivity contribution is 6.34. The van der Waals surface area contributed by atoms with Crippen LogP contribution in [0.25, 0.3) is 22.4 Å². The fourth-order valence-electron chi connectivity index (χ4n) is 3.25. The Morgan fingerprint density at radius 1 is 1.19 bits per heavy atom. The third kappa shape index (κ3) is 3.86. The van der Waals surface area contributed by atoms with Crippen LogP contribution in [0.15, 0.2) is 35.0 Å². The lowest BCUT2D eigenvalue weighted by atomic mass is 10.1. The third-order valence-electron chi connectivity index (χ3n) is 4.69. The molecule has 0 aliphatic carbocycles. The predicted octanol–water partition coefficient (Wildman–Crippen LogP) is 5.16. The molecule has 11 heteroatoms. The van der Waals surface area contributed by atoms with Gasteiger partial charge < -0.3 is 9.84 Å². The predicted molar refractivity (Wildman–Crippen MR) is 108 cm³/mol. The first-order valence-corrected chi connectivity index (χ1v) is 9.38. The number of benzene rings is 1. The Hall–Kier alpha value is -3.40. The number of fused-ring (bicyclic) bond motifs is 1.